The fourth-order valence-electron chi connectivity index (χ4n) is 2.42. The molecule has 0 bridgehead atoms. The van der Waals surface area contributed by atoms with Crippen LogP contribution in [0.15, 0.2) is 72.9 Å². The third-order valence-corrected chi connectivity index (χ3v) is 4.26. The molecular formula is C21H18ClN3O2S. The maximum absolute atomic E-state index is 12.3. The van der Waals surface area contributed by atoms with Crippen LogP contribution in [0.4, 0.5) is 5.69 Å². The number of nitrogens with one attached hydrogen (secondary N) is 2. The number of hydrogen-bond acceptors (Lipinski definition) is 4. The molecule has 0 spiro atoms. The van der Waals surface area contributed by atoms with Crippen LogP contribution < -0.4 is 15.4 Å². The van der Waals surface area contributed by atoms with E-state index in [0.717, 1.165) is 6.42 Å². The normalized spacial score (nSPS) is 10.2. The predicted octanol–water partition coefficient (Wildman–Crippen LogP) is 4.48. The second-order valence-corrected chi connectivity index (χ2v) is 6.68. The minimum absolute atomic E-state index is 0.178. The lowest BCUT2D eigenvalue weighted by Crippen LogP contribution is -2.34. The maximum Gasteiger partial charge on any atom is 0.257 e. The molecule has 3 aromatic rings. The van der Waals surface area contributed by atoms with E-state index >= 15 is 0 Å². The van der Waals surface area contributed by atoms with Crippen LogP contribution in [0.2, 0.25) is 5.15 Å². The van der Waals surface area contributed by atoms with Crippen molar-refractivity contribution in [3.63, 3.8) is 0 Å². The molecule has 0 saturated carbocycles. The second kappa shape index (κ2) is 9.82. The highest BCUT2D eigenvalue weighted by atomic mass is 35.5. The molecule has 0 aliphatic heterocycles. The van der Waals surface area contributed by atoms with Gasteiger partial charge in [-0.15, -0.1) is 0 Å². The van der Waals surface area contributed by atoms with Gasteiger partial charge in [-0.3, -0.25) is 10.1 Å². The van der Waals surface area contributed by atoms with E-state index in [-0.39, 0.29) is 11.0 Å². The average Bonchev–Trinajstić information content (AvgIpc) is 2.71. The van der Waals surface area contributed by atoms with E-state index in [1.54, 1.807) is 36.4 Å². The summed E-state index contributed by atoms with van der Waals surface area (Å²) >= 11 is 10.9. The van der Waals surface area contributed by atoms with E-state index in [2.05, 4.69) is 27.8 Å². The van der Waals surface area contributed by atoms with Crippen molar-refractivity contribution in [1.29, 1.82) is 0 Å². The Morgan fingerprint density at radius 3 is 2.46 bits per heavy atom. The van der Waals surface area contributed by atoms with Crippen LogP contribution in [0.5, 0.6) is 5.75 Å². The molecule has 0 aliphatic carbocycles. The van der Waals surface area contributed by atoms with Gasteiger partial charge in [0.15, 0.2) is 5.11 Å². The molecule has 5 nitrogen and oxygen atoms in total. The van der Waals surface area contributed by atoms with Crippen molar-refractivity contribution in [3.8, 4) is 5.75 Å². The van der Waals surface area contributed by atoms with Crippen molar-refractivity contribution in [2.45, 2.75) is 6.42 Å². The van der Waals surface area contributed by atoms with Gasteiger partial charge in [0.2, 0.25) is 0 Å². The lowest BCUT2D eigenvalue weighted by Gasteiger charge is -2.10. The number of rotatable bonds is 6. The number of halogens is 1. The molecule has 142 valence electrons. The highest BCUT2D eigenvalue weighted by molar-refractivity contribution is 7.80. The first-order valence-corrected chi connectivity index (χ1v) is 9.39. The number of hydrogen-bond donors (Lipinski definition) is 2. The highest BCUT2D eigenvalue weighted by Crippen LogP contribution is 2.13. The lowest BCUT2D eigenvalue weighted by molar-refractivity contribution is 0.0977. The average molecular weight is 412 g/mol. The number of benzene rings is 2. The van der Waals surface area contributed by atoms with Crippen molar-refractivity contribution < 1.29 is 9.53 Å². The van der Waals surface area contributed by atoms with E-state index in [9.17, 15) is 4.79 Å². The quantitative estimate of drug-likeness (QED) is 0.462. The zero-order valence-electron chi connectivity index (χ0n) is 14.9. The molecule has 3 rings (SSSR count). The van der Waals surface area contributed by atoms with Gasteiger partial charge in [0.05, 0.1) is 18.5 Å². The van der Waals surface area contributed by atoms with Crippen LogP contribution in [-0.4, -0.2) is 22.6 Å². The molecule has 1 aromatic heterocycles. The van der Waals surface area contributed by atoms with Gasteiger partial charge >= 0.3 is 0 Å². The van der Waals surface area contributed by atoms with Crippen LogP contribution >= 0.6 is 23.8 Å². The van der Waals surface area contributed by atoms with Crippen LogP contribution in [0.3, 0.4) is 0 Å². The third-order valence-electron chi connectivity index (χ3n) is 3.83. The summed E-state index contributed by atoms with van der Waals surface area (Å²) in [6.07, 6.45) is 2.35. The topological polar surface area (TPSA) is 63.2 Å². The zero-order valence-corrected chi connectivity index (χ0v) is 16.5. The second-order valence-electron chi connectivity index (χ2n) is 5.89. The molecule has 0 aliphatic rings. The number of amides is 1. The van der Waals surface area contributed by atoms with E-state index < -0.39 is 0 Å². The molecule has 0 atom stereocenters. The van der Waals surface area contributed by atoms with Crippen LogP contribution in [0, 0.1) is 0 Å². The molecule has 1 heterocycles. The summed E-state index contributed by atoms with van der Waals surface area (Å²) < 4.78 is 5.73. The molecule has 0 saturated heterocycles. The summed E-state index contributed by atoms with van der Waals surface area (Å²) in [5, 5.41) is 6.06. The van der Waals surface area contributed by atoms with E-state index in [4.69, 9.17) is 28.6 Å². The number of ether oxygens (including phenoxy) is 1. The van der Waals surface area contributed by atoms with Gasteiger partial charge < -0.3 is 10.1 Å². The van der Waals surface area contributed by atoms with Crippen molar-refractivity contribution in [2.75, 3.05) is 11.9 Å². The first kappa shape index (κ1) is 19.8. The van der Waals surface area contributed by atoms with Crippen LogP contribution in [0.1, 0.15) is 15.9 Å². The SMILES string of the molecule is O=C(NC(=S)Nc1ccc(Cl)nc1)c1ccc(OCCc2ccccc2)cc1. The van der Waals surface area contributed by atoms with E-state index in [1.165, 1.54) is 11.8 Å². The Labute approximate surface area is 173 Å². The molecule has 0 unspecified atom stereocenters. The number of carbonyl (C=O) groups is 1. The van der Waals surface area contributed by atoms with Gasteiger partial charge in [-0.25, -0.2) is 4.98 Å². The molecule has 2 aromatic carbocycles. The standard InChI is InChI=1S/C21H18ClN3O2S/c22-19-11-8-17(14-23-19)24-21(28)25-20(26)16-6-9-18(10-7-16)27-13-12-15-4-2-1-3-5-15/h1-11,14H,12-13H2,(H2,24,25,26,28). The van der Waals surface area contributed by atoms with E-state index in [0.29, 0.717) is 28.8 Å². The van der Waals surface area contributed by atoms with Gasteiger partial charge in [0.1, 0.15) is 10.9 Å². The number of anilines is 1. The number of nitrogens with zero attached hydrogens (tertiary/aromatic N) is 1. The minimum atomic E-state index is -0.310. The predicted molar refractivity (Wildman–Crippen MR) is 115 cm³/mol. The monoisotopic (exact) mass is 411 g/mol. The summed E-state index contributed by atoms with van der Waals surface area (Å²) in [5.74, 6) is 0.399. The Morgan fingerprint density at radius 2 is 1.79 bits per heavy atom. The van der Waals surface area contributed by atoms with Gasteiger partial charge in [0.25, 0.3) is 5.91 Å². The Bertz CT molecular complexity index is 932. The number of pyridine rings is 1. The summed E-state index contributed by atoms with van der Waals surface area (Å²) in [6.45, 7) is 0.568. The molecule has 0 radical (unpaired) electrons. The highest BCUT2D eigenvalue weighted by Gasteiger charge is 2.08. The molecule has 28 heavy (non-hydrogen) atoms. The largest absolute Gasteiger partial charge is 0.493 e. The number of thiocarbonyl (C=S) groups is 1. The molecular weight excluding hydrogens is 394 g/mol. The zero-order chi connectivity index (χ0) is 19.8. The summed E-state index contributed by atoms with van der Waals surface area (Å²) in [6, 6.07) is 20.4. The Hall–Kier alpha value is -2.96. The third kappa shape index (κ3) is 6.04. The molecule has 2 N–H and O–H groups in total. The molecule has 0 fully saturated rings. The molecule has 1 amide bonds. The van der Waals surface area contributed by atoms with Gasteiger partial charge in [-0.05, 0) is 54.2 Å². The Kier molecular flexibility index (Phi) is 6.94. The smallest absolute Gasteiger partial charge is 0.257 e. The van der Waals surface area contributed by atoms with Crippen molar-refractivity contribution in [3.05, 3.63) is 89.2 Å². The summed E-state index contributed by atoms with van der Waals surface area (Å²) in [5.41, 5.74) is 2.33. The van der Waals surface area contributed by atoms with Gasteiger partial charge in [-0.2, -0.15) is 0 Å². The maximum atomic E-state index is 12.3. The fraction of sp³-hybridized carbons (Fsp3) is 0.0952. The first-order chi connectivity index (χ1) is 13.6. The van der Waals surface area contributed by atoms with Crippen molar-refractivity contribution in [2.24, 2.45) is 0 Å². The number of aromatic nitrogens is 1. The van der Waals surface area contributed by atoms with E-state index in [1.807, 2.05) is 18.2 Å². The van der Waals surface area contributed by atoms with Crippen LogP contribution in [0.25, 0.3) is 0 Å². The fourth-order valence-corrected chi connectivity index (χ4v) is 2.74. The molecule has 7 heteroatoms. The van der Waals surface area contributed by atoms with Gasteiger partial charge in [0, 0.05) is 12.0 Å². The van der Waals surface area contributed by atoms with Crippen LogP contribution in [-0.2, 0) is 6.42 Å². The first-order valence-electron chi connectivity index (χ1n) is 8.61. The Morgan fingerprint density at radius 1 is 1.04 bits per heavy atom. The summed E-state index contributed by atoms with van der Waals surface area (Å²) in [7, 11) is 0. The minimum Gasteiger partial charge on any atom is -0.493 e. The lowest BCUT2D eigenvalue weighted by atomic mass is 10.2. The Balaban J connectivity index is 1.47. The summed E-state index contributed by atoms with van der Waals surface area (Å²) in [4.78, 5) is 16.2. The number of carbonyl (C=O) groups excluding carboxylic acids is 1. The van der Waals surface area contributed by atoms with Crippen molar-refractivity contribution in [1.82, 2.24) is 10.3 Å². The van der Waals surface area contributed by atoms with Gasteiger partial charge in [-0.1, -0.05) is 41.9 Å². The van der Waals surface area contributed by atoms with Crippen molar-refractivity contribution >= 4 is 40.5 Å².